The molecule has 3 aliphatic heterocycles. The third-order valence-electron chi connectivity index (χ3n) is 8.48. The zero-order chi connectivity index (χ0) is 29.9. The molecule has 1 aliphatic carbocycles. The topological polar surface area (TPSA) is 105 Å². The van der Waals surface area contributed by atoms with Crippen molar-refractivity contribution in [3.05, 3.63) is 76.5 Å². The highest BCUT2D eigenvalue weighted by molar-refractivity contribution is 5.95. The van der Waals surface area contributed by atoms with Crippen molar-refractivity contribution in [2.45, 2.75) is 56.6 Å². The number of pyridine rings is 1. The van der Waals surface area contributed by atoms with Gasteiger partial charge in [0.1, 0.15) is 29.2 Å². The molecule has 0 bridgehead atoms. The van der Waals surface area contributed by atoms with E-state index in [0.29, 0.717) is 49.0 Å². The van der Waals surface area contributed by atoms with Crippen molar-refractivity contribution in [2.24, 2.45) is 0 Å². The Kier molecular flexibility index (Phi) is 6.77. The number of halogens is 3. The van der Waals surface area contributed by atoms with E-state index >= 15 is 0 Å². The molecule has 0 unspecified atom stereocenters. The molecule has 4 aliphatic rings. The highest BCUT2D eigenvalue weighted by Crippen LogP contribution is 2.54. The van der Waals surface area contributed by atoms with Gasteiger partial charge in [-0.15, -0.1) is 0 Å². The van der Waals surface area contributed by atoms with Crippen LogP contribution < -0.4 is 25.4 Å². The third kappa shape index (κ3) is 5.40. The highest BCUT2D eigenvalue weighted by atomic mass is 19.4. The summed E-state index contributed by atoms with van der Waals surface area (Å²) >= 11 is 0. The maximum Gasteiger partial charge on any atom is 0.416 e. The van der Waals surface area contributed by atoms with Crippen LogP contribution in [0.5, 0.6) is 17.2 Å². The van der Waals surface area contributed by atoms with Gasteiger partial charge in [0.2, 0.25) is 5.91 Å². The van der Waals surface area contributed by atoms with Crippen LogP contribution >= 0.6 is 0 Å². The van der Waals surface area contributed by atoms with Crippen molar-refractivity contribution in [1.29, 1.82) is 0 Å². The summed E-state index contributed by atoms with van der Waals surface area (Å²) in [5.74, 6) is 1.53. The number of rotatable bonds is 6. The Bertz CT molecular complexity index is 1610. The lowest BCUT2D eigenvalue weighted by Gasteiger charge is -2.32. The quantitative estimate of drug-likeness (QED) is 0.393. The molecule has 3 N–H and O–H groups in total. The molecule has 9 nitrogen and oxygen atoms in total. The largest absolute Gasteiger partial charge is 0.487 e. The van der Waals surface area contributed by atoms with Gasteiger partial charge < -0.3 is 25.4 Å². The van der Waals surface area contributed by atoms with E-state index in [-0.39, 0.29) is 47.7 Å². The van der Waals surface area contributed by atoms with Crippen LogP contribution in [0.2, 0.25) is 0 Å². The number of nitrogens with zero attached hydrogens (tertiary/aromatic N) is 2. The number of anilines is 1. The first-order chi connectivity index (χ1) is 20.6. The first-order valence-electron chi connectivity index (χ1n) is 14.4. The van der Waals surface area contributed by atoms with Gasteiger partial charge in [-0.25, -0.2) is 4.98 Å². The van der Waals surface area contributed by atoms with E-state index in [4.69, 9.17) is 9.47 Å². The molecule has 1 saturated carbocycles. The molecule has 4 atom stereocenters. The maximum absolute atomic E-state index is 14.0. The van der Waals surface area contributed by atoms with Crippen molar-refractivity contribution in [3.8, 4) is 17.2 Å². The zero-order valence-electron chi connectivity index (χ0n) is 23.3. The minimum absolute atomic E-state index is 0.0402. The molecular weight excluding hydrogens is 563 g/mol. The minimum atomic E-state index is -4.58. The number of alkyl halides is 3. The van der Waals surface area contributed by atoms with Gasteiger partial charge in [0, 0.05) is 61.5 Å². The van der Waals surface area contributed by atoms with Crippen LogP contribution in [0.4, 0.5) is 19.0 Å². The molecule has 1 aromatic heterocycles. The summed E-state index contributed by atoms with van der Waals surface area (Å²) in [5, 5.41) is 8.92. The number of hydrogen-bond acceptors (Lipinski definition) is 7. The van der Waals surface area contributed by atoms with E-state index < -0.39 is 17.6 Å². The molecular formula is C31H30F3N5O4. The monoisotopic (exact) mass is 593 g/mol. The summed E-state index contributed by atoms with van der Waals surface area (Å²) in [7, 11) is 0. The van der Waals surface area contributed by atoms with E-state index in [1.54, 1.807) is 24.4 Å². The number of fused-ring (bicyclic) bond motifs is 4. The van der Waals surface area contributed by atoms with Gasteiger partial charge in [-0.05, 0) is 55.3 Å². The van der Waals surface area contributed by atoms with Gasteiger partial charge in [-0.2, -0.15) is 13.2 Å². The highest BCUT2D eigenvalue weighted by Gasteiger charge is 2.59. The molecule has 2 aromatic carbocycles. The van der Waals surface area contributed by atoms with Crippen LogP contribution in [-0.2, 0) is 23.9 Å². The van der Waals surface area contributed by atoms with Gasteiger partial charge in [-0.1, -0.05) is 6.07 Å². The molecule has 7 rings (SSSR count). The minimum Gasteiger partial charge on any atom is -0.487 e. The molecule has 3 aromatic rings. The zero-order valence-corrected chi connectivity index (χ0v) is 23.3. The van der Waals surface area contributed by atoms with E-state index in [1.807, 2.05) is 17.9 Å². The van der Waals surface area contributed by atoms with Crippen molar-refractivity contribution in [2.75, 3.05) is 25.0 Å². The molecule has 224 valence electrons. The Morgan fingerprint density at radius 2 is 2.05 bits per heavy atom. The van der Waals surface area contributed by atoms with Crippen molar-refractivity contribution in [3.63, 3.8) is 0 Å². The molecule has 2 fully saturated rings. The smallest absolute Gasteiger partial charge is 0.416 e. The summed E-state index contributed by atoms with van der Waals surface area (Å²) in [5.41, 5.74) is 1.01. The second kappa shape index (κ2) is 10.5. The molecule has 1 saturated heterocycles. The number of carbonyl (C=O) groups excluding carboxylic acids is 2. The Labute approximate surface area is 245 Å². The Morgan fingerprint density at radius 3 is 2.86 bits per heavy atom. The number of aromatic nitrogens is 1. The van der Waals surface area contributed by atoms with Crippen LogP contribution in [-0.4, -0.2) is 59.5 Å². The fraction of sp³-hybridized carbons (Fsp3) is 0.387. The van der Waals surface area contributed by atoms with Crippen LogP contribution in [0.25, 0.3) is 0 Å². The number of nitrogens with one attached hydrogen (secondary N) is 3. The molecule has 2 amide bonds. The Hall–Kier alpha value is -4.16. The molecule has 0 radical (unpaired) electrons. The van der Waals surface area contributed by atoms with E-state index in [9.17, 15) is 22.8 Å². The molecule has 12 heteroatoms. The average Bonchev–Trinajstić information content (AvgIpc) is 3.48. The standard InChI is InChI=1S/C31H30F3N5O4/c1-16-14-39(11-10-35-16)15-18-3-2-17(12-22(18)31(32,33)34)30(41)38-27-26-21-13-19(4-6-23(21)43-28(26)27)42-24-8-9-36-29-20(24)5-7-25(40)37-29/h2-4,6,8-9,12-13,16,26-28,35H,5,7,10-11,14-15H2,1H3,(H,38,41)(H,36,37,40)/t16-,26+,27-,28+/m1/s1. The van der Waals surface area contributed by atoms with Gasteiger partial charge in [0.15, 0.2) is 0 Å². The van der Waals surface area contributed by atoms with E-state index in [0.717, 1.165) is 23.7 Å². The van der Waals surface area contributed by atoms with Gasteiger partial charge in [0.05, 0.1) is 17.5 Å². The molecule has 0 spiro atoms. The number of ether oxygens (including phenoxy) is 2. The van der Waals surface area contributed by atoms with Crippen LogP contribution in [0.3, 0.4) is 0 Å². The lowest BCUT2D eigenvalue weighted by Crippen LogP contribution is -2.48. The fourth-order valence-corrected chi connectivity index (χ4v) is 6.31. The first kappa shape index (κ1) is 27.7. The fourth-order valence-electron chi connectivity index (χ4n) is 6.31. The number of hydrogen-bond donors (Lipinski definition) is 3. The van der Waals surface area contributed by atoms with E-state index in [1.165, 1.54) is 12.1 Å². The van der Waals surface area contributed by atoms with Crippen LogP contribution in [0, 0.1) is 0 Å². The lowest BCUT2D eigenvalue weighted by atomic mass is 10.0. The SMILES string of the molecule is C[C@@H]1CN(Cc2ccc(C(=O)N[C@H]3[C@H]4Oc5ccc(Oc6ccnc7c6CCC(=O)N7)cc5[C@@H]34)cc2C(F)(F)F)CCN1. The number of carbonyl (C=O) groups is 2. The van der Waals surface area contributed by atoms with E-state index in [2.05, 4.69) is 20.9 Å². The summed E-state index contributed by atoms with van der Waals surface area (Å²) in [6.45, 7) is 4.20. The summed E-state index contributed by atoms with van der Waals surface area (Å²) in [6, 6.07) is 10.8. The Morgan fingerprint density at radius 1 is 1.19 bits per heavy atom. The van der Waals surface area contributed by atoms with Crippen molar-refractivity contribution < 1.29 is 32.2 Å². The first-order valence-corrected chi connectivity index (χ1v) is 14.4. The van der Waals surface area contributed by atoms with Gasteiger partial charge in [-0.3, -0.25) is 14.5 Å². The second-order valence-corrected chi connectivity index (χ2v) is 11.6. The normalized spacial score (nSPS) is 24.2. The van der Waals surface area contributed by atoms with Crippen LogP contribution in [0.1, 0.15) is 51.9 Å². The van der Waals surface area contributed by atoms with Gasteiger partial charge >= 0.3 is 6.18 Å². The maximum atomic E-state index is 14.0. The predicted octanol–water partition coefficient (Wildman–Crippen LogP) is 4.23. The Balaban J connectivity index is 1.05. The molecule has 4 heterocycles. The summed E-state index contributed by atoms with van der Waals surface area (Å²) in [4.78, 5) is 31.1. The molecule has 43 heavy (non-hydrogen) atoms. The van der Waals surface area contributed by atoms with Crippen molar-refractivity contribution >= 4 is 17.6 Å². The van der Waals surface area contributed by atoms with Crippen molar-refractivity contribution in [1.82, 2.24) is 20.5 Å². The lowest BCUT2D eigenvalue weighted by molar-refractivity contribution is -0.138. The predicted molar refractivity (Wildman–Crippen MR) is 150 cm³/mol. The van der Waals surface area contributed by atoms with Gasteiger partial charge in [0.25, 0.3) is 5.91 Å². The number of benzene rings is 2. The van der Waals surface area contributed by atoms with Crippen LogP contribution in [0.15, 0.2) is 48.7 Å². The third-order valence-corrected chi connectivity index (χ3v) is 8.48. The number of piperazine rings is 1. The average molecular weight is 594 g/mol. The summed E-state index contributed by atoms with van der Waals surface area (Å²) in [6.07, 6.45) is -2.45. The summed E-state index contributed by atoms with van der Waals surface area (Å²) < 4.78 is 54.3. The second-order valence-electron chi connectivity index (χ2n) is 11.6. The number of amides is 2.